The Morgan fingerprint density at radius 3 is 2.89 bits per heavy atom. The van der Waals surface area contributed by atoms with E-state index in [4.69, 9.17) is 0 Å². The monoisotopic (exact) mass is 273 g/mol. The maximum atomic E-state index is 12.3. The molecule has 1 saturated carbocycles. The Kier molecular flexibility index (Phi) is 3.09. The molecule has 1 amide bonds. The van der Waals surface area contributed by atoms with Crippen molar-refractivity contribution in [2.75, 3.05) is 6.54 Å². The smallest absolute Gasteiger partial charge is 0.251 e. The number of nitrogens with one attached hydrogen (secondary N) is 1. The van der Waals surface area contributed by atoms with Crippen LogP contribution in [0.1, 0.15) is 37.0 Å². The van der Waals surface area contributed by atoms with Gasteiger partial charge in [-0.25, -0.2) is 0 Å². The number of fused-ring (bicyclic) bond motifs is 1. The van der Waals surface area contributed by atoms with Gasteiger partial charge in [0.25, 0.3) is 5.91 Å². The molecular formula is C16H19NOS. The molecule has 3 rings (SSSR count). The molecule has 1 heterocycles. The molecular weight excluding hydrogens is 254 g/mol. The van der Waals surface area contributed by atoms with Gasteiger partial charge in [-0.1, -0.05) is 19.9 Å². The summed E-state index contributed by atoms with van der Waals surface area (Å²) in [6.45, 7) is 5.25. The summed E-state index contributed by atoms with van der Waals surface area (Å²) in [6, 6.07) is 7.96. The van der Waals surface area contributed by atoms with Crippen molar-refractivity contribution in [3.05, 3.63) is 35.2 Å². The average molecular weight is 273 g/mol. The van der Waals surface area contributed by atoms with Crippen molar-refractivity contribution in [3.63, 3.8) is 0 Å². The van der Waals surface area contributed by atoms with Gasteiger partial charge >= 0.3 is 0 Å². The molecule has 1 aliphatic carbocycles. The largest absolute Gasteiger partial charge is 0.351 e. The lowest BCUT2D eigenvalue weighted by molar-refractivity contribution is 0.0933. The van der Waals surface area contributed by atoms with Gasteiger partial charge in [0.15, 0.2) is 0 Å². The molecule has 1 N–H and O–H groups in total. The van der Waals surface area contributed by atoms with E-state index in [0.29, 0.717) is 0 Å². The van der Waals surface area contributed by atoms with Crippen LogP contribution < -0.4 is 5.32 Å². The summed E-state index contributed by atoms with van der Waals surface area (Å²) in [5.74, 6) is 0.836. The number of carbonyl (C=O) groups is 1. The van der Waals surface area contributed by atoms with Gasteiger partial charge in [0.2, 0.25) is 0 Å². The average Bonchev–Trinajstić information content (AvgIpc) is 3.15. The summed E-state index contributed by atoms with van der Waals surface area (Å²) in [7, 11) is 0. The third-order valence-electron chi connectivity index (χ3n) is 4.13. The lowest BCUT2D eigenvalue weighted by atomic mass is 9.87. The minimum Gasteiger partial charge on any atom is -0.351 e. The van der Waals surface area contributed by atoms with E-state index in [2.05, 4.69) is 25.2 Å². The molecule has 2 nitrogen and oxygen atoms in total. The Balaban J connectivity index is 1.75. The molecule has 1 fully saturated rings. The number of benzene rings is 1. The summed E-state index contributed by atoms with van der Waals surface area (Å²) < 4.78 is 1.18. The lowest BCUT2D eigenvalue weighted by Crippen LogP contribution is -2.35. The minimum absolute atomic E-state index is 0.0534. The summed E-state index contributed by atoms with van der Waals surface area (Å²) in [4.78, 5) is 12.3. The fraction of sp³-hybridized carbons (Fsp3) is 0.438. The second kappa shape index (κ2) is 4.64. The van der Waals surface area contributed by atoms with E-state index in [-0.39, 0.29) is 11.3 Å². The van der Waals surface area contributed by atoms with Gasteiger partial charge in [-0.15, -0.1) is 11.3 Å². The van der Waals surface area contributed by atoms with Gasteiger partial charge < -0.3 is 5.32 Å². The van der Waals surface area contributed by atoms with Crippen LogP contribution in [0.25, 0.3) is 10.1 Å². The first kappa shape index (κ1) is 12.7. The fourth-order valence-corrected chi connectivity index (χ4v) is 3.42. The molecule has 1 aromatic carbocycles. The van der Waals surface area contributed by atoms with Gasteiger partial charge in [-0.3, -0.25) is 4.79 Å². The summed E-state index contributed by atoms with van der Waals surface area (Å²) >= 11 is 1.68. The van der Waals surface area contributed by atoms with Gasteiger partial charge in [0.1, 0.15) is 0 Å². The Labute approximate surface area is 117 Å². The SMILES string of the molecule is CC(C)(CNC(=O)c1cccc2sccc12)C1CC1. The van der Waals surface area contributed by atoms with Gasteiger partial charge in [0, 0.05) is 22.2 Å². The third kappa shape index (κ3) is 2.52. The normalized spacial score (nSPS) is 15.7. The number of amides is 1. The Hall–Kier alpha value is -1.35. The van der Waals surface area contributed by atoms with Crippen molar-refractivity contribution in [3.8, 4) is 0 Å². The molecule has 0 atom stereocenters. The number of hydrogen-bond acceptors (Lipinski definition) is 2. The van der Waals surface area contributed by atoms with Crippen molar-refractivity contribution >= 4 is 27.3 Å². The quantitative estimate of drug-likeness (QED) is 0.894. The van der Waals surface area contributed by atoms with E-state index in [1.807, 2.05) is 23.6 Å². The molecule has 100 valence electrons. The maximum Gasteiger partial charge on any atom is 0.251 e. The fourth-order valence-electron chi connectivity index (χ4n) is 2.60. The van der Waals surface area contributed by atoms with Crippen LogP contribution in [0.5, 0.6) is 0 Å². The van der Waals surface area contributed by atoms with E-state index >= 15 is 0 Å². The first-order valence-corrected chi connectivity index (χ1v) is 7.70. The molecule has 0 aliphatic heterocycles. The van der Waals surface area contributed by atoms with Crippen LogP contribution in [0.2, 0.25) is 0 Å². The van der Waals surface area contributed by atoms with Crippen molar-refractivity contribution in [2.45, 2.75) is 26.7 Å². The summed E-state index contributed by atoms with van der Waals surface area (Å²) in [6.07, 6.45) is 2.62. The molecule has 0 radical (unpaired) electrons. The molecule has 19 heavy (non-hydrogen) atoms. The molecule has 0 unspecified atom stereocenters. The zero-order valence-corrected chi connectivity index (χ0v) is 12.2. The Morgan fingerprint density at radius 1 is 1.37 bits per heavy atom. The Morgan fingerprint density at radius 2 is 2.16 bits per heavy atom. The van der Waals surface area contributed by atoms with Gasteiger partial charge in [-0.2, -0.15) is 0 Å². The minimum atomic E-state index is 0.0534. The maximum absolute atomic E-state index is 12.3. The highest BCUT2D eigenvalue weighted by Crippen LogP contribution is 2.44. The van der Waals surface area contributed by atoms with Crippen LogP contribution in [0.4, 0.5) is 0 Å². The van der Waals surface area contributed by atoms with E-state index in [1.54, 1.807) is 11.3 Å². The van der Waals surface area contributed by atoms with Crippen LogP contribution in [0.3, 0.4) is 0 Å². The van der Waals surface area contributed by atoms with Crippen molar-refractivity contribution in [2.24, 2.45) is 11.3 Å². The highest BCUT2D eigenvalue weighted by Gasteiger charge is 2.37. The van der Waals surface area contributed by atoms with E-state index in [1.165, 1.54) is 17.5 Å². The molecule has 0 bridgehead atoms. The van der Waals surface area contributed by atoms with Crippen LogP contribution in [-0.2, 0) is 0 Å². The van der Waals surface area contributed by atoms with Crippen molar-refractivity contribution in [1.82, 2.24) is 5.32 Å². The van der Waals surface area contributed by atoms with Crippen molar-refractivity contribution in [1.29, 1.82) is 0 Å². The predicted octanol–water partition coefficient (Wildman–Crippen LogP) is 4.07. The van der Waals surface area contributed by atoms with E-state index < -0.39 is 0 Å². The second-order valence-corrected chi connectivity index (χ2v) is 7.03. The van der Waals surface area contributed by atoms with E-state index in [0.717, 1.165) is 23.4 Å². The van der Waals surface area contributed by atoms with Crippen LogP contribution in [0.15, 0.2) is 29.6 Å². The first-order chi connectivity index (χ1) is 9.08. The molecule has 0 saturated heterocycles. The molecule has 0 spiro atoms. The molecule has 3 heteroatoms. The van der Waals surface area contributed by atoms with Crippen LogP contribution in [-0.4, -0.2) is 12.5 Å². The summed E-state index contributed by atoms with van der Waals surface area (Å²) in [5.41, 5.74) is 1.02. The Bertz CT molecular complexity index is 610. The molecule has 1 aromatic heterocycles. The third-order valence-corrected chi connectivity index (χ3v) is 5.01. The van der Waals surface area contributed by atoms with Crippen LogP contribution in [0, 0.1) is 11.3 Å². The predicted molar refractivity (Wildman–Crippen MR) is 80.7 cm³/mol. The zero-order chi connectivity index (χ0) is 13.5. The number of rotatable bonds is 4. The number of carbonyl (C=O) groups excluding carboxylic acids is 1. The second-order valence-electron chi connectivity index (χ2n) is 6.08. The van der Waals surface area contributed by atoms with Crippen LogP contribution >= 0.6 is 11.3 Å². The van der Waals surface area contributed by atoms with Gasteiger partial charge in [0.05, 0.1) is 0 Å². The number of hydrogen-bond donors (Lipinski definition) is 1. The van der Waals surface area contributed by atoms with Gasteiger partial charge in [-0.05, 0) is 47.8 Å². The molecule has 2 aromatic rings. The highest BCUT2D eigenvalue weighted by molar-refractivity contribution is 7.17. The lowest BCUT2D eigenvalue weighted by Gasteiger charge is -2.24. The first-order valence-electron chi connectivity index (χ1n) is 6.82. The zero-order valence-electron chi connectivity index (χ0n) is 11.4. The molecule has 1 aliphatic rings. The van der Waals surface area contributed by atoms with Crippen molar-refractivity contribution < 1.29 is 4.79 Å². The topological polar surface area (TPSA) is 29.1 Å². The highest BCUT2D eigenvalue weighted by atomic mass is 32.1. The number of thiophene rings is 1. The standard InChI is InChI=1S/C16H19NOS/c1-16(2,11-6-7-11)10-17-15(18)13-4-3-5-14-12(13)8-9-19-14/h3-5,8-9,11H,6-7,10H2,1-2H3,(H,17,18). The van der Waals surface area contributed by atoms with E-state index in [9.17, 15) is 4.79 Å². The summed E-state index contributed by atoms with van der Waals surface area (Å²) in [5, 5.41) is 6.21.